The van der Waals surface area contributed by atoms with E-state index in [2.05, 4.69) is 4.74 Å². The number of esters is 1. The van der Waals surface area contributed by atoms with E-state index in [0.29, 0.717) is 6.07 Å². The first-order chi connectivity index (χ1) is 7.88. The van der Waals surface area contributed by atoms with Gasteiger partial charge in [0.25, 0.3) is 0 Å². The van der Waals surface area contributed by atoms with Crippen molar-refractivity contribution in [2.75, 3.05) is 7.11 Å². The van der Waals surface area contributed by atoms with Gasteiger partial charge in [-0.1, -0.05) is 0 Å². The van der Waals surface area contributed by atoms with E-state index < -0.39 is 39.8 Å². The monoisotopic (exact) mass is 244 g/mol. The van der Waals surface area contributed by atoms with Gasteiger partial charge in [0, 0.05) is 5.56 Å². The maximum absolute atomic E-state index is 13.1. The Hall–Kier alpha value is -2.22. The zero-order valence-corrected chi connectivity index (χ0v) is 8.71. The largest absolute Gasteiger partial charge is 0.502 e. The maximum atomic E-state index is 13.1. The highest BCUT2D eigenvalue weighted by Gasteiger charge is 2.27. The second kappa shape index (κ2) is 4.74. The number of rotatable bonds is 3. The van der Waals surface area contributed by atoms with Crippen LogP contribution < -0.4 is 5.73 Å². The average Bonchev–Trinajstić information content (AvgIpc) is 2.29. The molecular formula is C9H9FN2O5. The summed E-state index contributed by atoms with van der Waals surface area (Å²) in [6.07, 6.45) is 0. The van der Waals surface area contributed by atoms with Crippen molar-refractivity contribution in [2.24, 2.45) is 5.73 Å². The molecule has 0 heterocycles. The van der Waals surface area contributed by atoms with Crippen LogP contribution in [0.5, 0.6) is 5.75 Å². The number of phenols is 1. The van der Waals surface area contributed by atoms with E-state index in [0.717, 1.165) is 13.2 Å². The number of nitrogens with zero attached hydrogens (tertiary/aromatic N) is 1. The summed E-state index contributed by atoms with van der Waals surface area (Å²) in [7, 11) is 1.05. The number of carbonyl (C=O) groups is 1. The molecule has 1 atom stereocenters. The fourth-order valence-corrected chi connectivity index (χ4v) is 1.24. The predicted molar refractivity (Wildman–Crippen MR) is 53.7 cm³/mol. The fraction of sp³-hybridized carbons (Fsp3) is 0.222. The minimum absolute atomic E-state index is 0.399. The Labute approximate surface area is 94.8 Å². The van der Waals surface area contributed by atoms with E-state index in [9.17, 15) is 24.4 Å². The Morgan fingerprint density at radius 2 is 2.24 bits per heavy atom. The molecule has 0 aromatic heterocycles. The zero-order chi connectivity index (χ0) is 13.2. The minimum Gasteiger partial charge on any atom is -0.502 e. The molecule has 3 N–H and O–H groups in total. The summed E-state index contributed by atoms with van der Waals surface area (Å²) >= 11 is 0. The molecule has 0 saturated carbocycles. The number of hydrogen-bond acceptors (Lipinski definition) is 6. The molecule has 8 heteroatoms. The SMILES string of the molecule is COC(=O)[C@H](N)c1cc(F)cc([N+](=O)[O-])c1O. The van der Waals surface area contributed by atoms with E-state index in [4.69, 9.17) is 5.73 Å². The van der Waals surface area contributed by atoms with E-state index in [-0.39, 0.29) is 0 Å². The lowest BCUT2D eigenvalue weighted by Gasteiger charge is -2.11. The Morgan fingerprint density at radius 3 is 2.71 bits per heavy atom. The van der Waals surface area contributed by atoms with E-state index >= 15 is 0 Å². The number of nitro benzene ring substituents is 1. The van der Waals surface area contributed by atoms with Gasteiger partial charge in [0.15, 0.2) is 5.75 Å². The zero-order valence-electron chi connectivity index (χ0n) is 8.71. The van der Waals surface area contributed by atoms with Crippen molar-refractivity contribution in [1.82, 2.24) is 0 Å². The van der Waals surface area contributed by atoms with Crippen molar-refractivity contribution in [3.8, 4) is 5.75 Å². The van der Waals surface area contributed by atoms with Gasteiger partial charge >= 0.3 is 11.7 Å². The van der Waals surface area contributed by atoms with E-state index in [1.54, 1.807) is 0 Å². The maximum Gasteiger partial charge on any atom is 0.327 e. The van der Waals surface area contributed by atoms with Crippen molar-refractivity contribution in [1.29, 1.82) is 0 Å². The van der Waals surface area contributed by atoms with Crippen LogP contribution in [0.25, 0.3) is 0 Å². The minimum atomic E-state index is -1.49. The van der Waals surface area contributed by atoms with Crippen LogP contribution in [-0.2, 0) is 9.53 Å². The summed E-state index contributed by atoms with van der Waals surface area (Å²) in [5.41, 5.74) is 4.10. The van der Waals surface area contributed by atoms with Gasteiger partial charge in [-0.15, -0.1) is 0 Å². The van der Waals surface area contributed by atoms with Crippen LogP contribution in [0.3, 0.4) is 0 Å². The van der Waals surface area contributed by atoms with Gasteiger partial charge in [-0.2, -0.15) is 0 Å². The molecule has 0 aliphatic carbocycles. The summed E-state index contributed by atoms with van der Waals surface area (Å²) in [6, 6.07) is -0.221. The number of hydrogen-bond donors (Lipinski definition) is 2. The third-order valence-corrected chi connectivity index (χ3v) is 2.07. The number of benzene rings is 1. The Balaban J connectivity index is 3.34. The molecule has 0 saturated heterocycles. The number of halogens is 1. The highest BCUT2D eigenvalue weighted by molar-refractivity contribution is 5.79. The van der Waals surface area contributed by atoms with Crippen LogP contribution in [0.2, 0.25) is 0 Å². The number of aromatic hydroxyl groups is 1. The normalized spacial score (nSPS) is 11.9. The average molecular weight is 244 g/mol. The van der Waals surface area contributed by atoms with Crippen LogP contribution in [0.1, 0.15) is 11.6 Å². The first-order valence-corrected chi connectivity index (χ1v) is 4.38. The molecule has 92 valence electrons. The van der Waals surface area contributed by atoms with Crippen LogP contribution in [0.4, 0.5) is 10.1 Å². The van der Waals surface area contributed by atoms with Crippen molar-refractivity contribution in [2.45, 2.75) is 6.04 Å². The van der Waals surface area contributed by atoms with Crippen molar-refractivity contribution in [3.05, 3.63) is 33.6 Å². The number of ether oxygens (including phenoxy) is 1. The molecule has 0 spiro atoms. The van der Waals surface area contributed by atoms with Gasteiger partial charge in [0.2, 0.25) is 0 Å². The predicted octanol–water partition coefficient (Wildman–Crippen LogP) is 0.612. The fourth-order valence-electron chi connectivity index (χ4n) is 1.24. The van der Waals surface area contributed by atoms with E-state index in [1.165, 1.54) is 0 Å². The van der Waals surface area contributed by atoms with Crippen LogP contribution in [0.15, 0.2) is 12.1 Å². The number of carbonyl (C=O) groups excluding carboxylic acids is 1. The molecule has 1 aromatic rings. The third kappa shape index (κ3) is 2.48. The lowest BCUT2D eigenvalue weighted by Crippen LogP contribution is -2.23. The van der Waals surface area contributed by atoms with Crippen molar-refractivity contribution >= 4 is 11.7 Å². The highest BCUT2D eigenvalue weighted by atomic mass is 19.1. The molecule has 1 rings (SSSR count). The van der Waals surface area contributed by atoms with Gasteiger partial charge in [-0.25, -0.2) is 4.39 Å². The molecule has 1 aromatic carbocycles. The van der Waals surface area contributed by atoms with Gasteiger partial charge < -0.3 is 15.6 Å². The standard InChI is InChI=1S/C9H9FN2O5/c1-17-9(14)7(11)5-2-4(10)3-6(8(5)13)12(15)16/h2-3,7,13H,11H2,1H3/t7-/m1/s1. The molecule has 0 aliphatic heterocycles. The first kappa shape index (κ1) is 12.8. The van der Waals surface area contributed by atoms with Crippen LogP contribution >= 0.6 is 0 Å². The molecule has 0 aliphatic rings. The first-order valence-electron chi connectivity index (χ1n) is 4.38. The Kier molecular flexibility index (Phi) is 3.59. The van der Waals surface area contributed by atoms with Crippen molar-refractivity contribution < 1.29 is 24.0 Å². The quantitative estimate of drug-likeness (QED) is 0.457. The van der Waals surface area contributed by atoms with Gasteiger partial charge in [0.1, 0.15) is 11.9 Å². The number of nitro groups is 1. The molecule has 7 nitrogen and oxygen atoms in total. The summed E-state index contributed by atoms with van der Waals surface area (Å²) in [6.45, 7) is 0. The van der Waals surface area contributed by atoms with Crippen LogP contribution in [0, 0.1) is 15.9 Å². The van der Waals surface area contributed by atoms with Crippen molar-refractivity contribution in [3.63, 3.8) is 0 Å². The highest BCUT2D eigenvalue weighted by Crippen LogP contribution is 2.34. The molecular weight excluding hydrogens is 235 g/mol. The third-order valence-electron chi connectivity index (χ3n) is 2.07. The summed E-state index contributed by atoms with van der Waals surface area (Å²) < 4.78 is 17.4. The number of phenolic OH excluding ortho intramolecular Hbond substituents is 1. The second-order valence-electron chi connectivity index (χ2n) is 3.12. The molecule has 0 fully saturated rings. The molecule has 0 unspecified atom stereocenters. The summed E-state index contributed by atoms with van der Waals surface area (Å²) in [5, 5.41) is 20.0. The summed E-state index contributed by atoms with van der Waals surface area (Å²) in [4.78, 5) is 20.6. The lowest BCUT2D eigenvalue weighted by molar-refractivity contribution is -0.386. The molecule has 0 amide bonds. The Morgan fingerprint density at radius 1 is 1.65 bits per heavy atom. The topological polar surface area (TPSA) is 116 Å². The lowest BCUT2D eigenvalue weighted by atomic mass is 10.1. The number of methoxy groups -OCH3 is 1. The van der Waals surface area contributed by atoms with Crippen LogP contribution in [-0.4, -0.2) is 23.1 Å². The second-order valence-corrected chi connectivity index (χ2v) is 3.12. The van der Waals surface area contributed by atoms with Gasteiger partial charge in [-0.3, -0.25) is 14.9 Å². The molecule has 17 heavy (non-hydrogen) atoms. The molecule has 0 bridgehead atoms. The smallest absolute Gasteiger partial charge is 0.327 e. The molecule has 0 radical (unpaired) electrons. The Bertz CT molecular complexity index is 477. The number of nitrogens with two attached hydrogens (primary N) is 1. The summed E-state index contributed by atoms with van der Waals surface area (Å²) in [5.74, 6) is -2.78. The van der Waals surface area contributed by atoms with Gasteiger partial charge in [-0.05, 0) is 6.07 Å². The van der Waals surface area contributed by atoms with Gasteiger partial charge in [0.05, 0.1) is 18.1 Å². The van der Waals surface area contributed by atoms with E-state index in [1.807, 2.05) is 0 Å².